The normalized spacial score (nSPS) is 10.5. The van der Waals surface area contributed by atoms with Crippen LogP contribution in [0.5, 0.6) is 5.75 Å². The number of ether oxygens (including phenoxy) is 1. The fraction of sp³-hybridized carbons (Fsp3) is 0.182. The summed E-state index contributed by atoms with van der Waals surface area (Å²) in [6, 6.07) is 8.35. The van der Waals surface area contributed by atoms with Crippen molar-refractivity contribution in [2.24, 2.45) is 0 Å². The van der Waals surface area contributed by atoms with Gasteiger partial charge in [0.2, 0.25) is 0 Å². The van der Waals surface area contributed by atoms with Gasteiger partial charge in [-0.3, -0.25) is 0 Å². The molecule has 15 heavy (non-hydrogen) atoms. The Balaban J connectivity index is 2.82. The highest BCUT2D eigenvalue weighted by Gasteiger charge is 2.06. The lowest BCUT2D eigenvalue weighted by atomic mass is 10.2. The van der Waals surface area contributed by atoms with Crippen LogP contribution in [0.3, 0.4) is 0 Å². The van der Waals surface area contributed by atoms with Crippen molar-refractivity contribution in [1.82, 2.24) is 0 Å². The number of para-hydroxylation sites is 1. The predicted octanol–water partition coefficient (Wildman–Crippen LogP) is 3.21. The van der Waals surface area contributed by atoms with Crippen molar-refractivity contribution >= 4 is 6.08 Å². The highest BCUT2D eigenvalue weighted by Crippen LogP contribution is 2.21. The minimum absolute atomic E-state index is 0.113. The van der Waals surface area contributed by atoms with Crippen LogP contribution in [-0.4, -0.2) is 6.61 Å². The van der Waals surface area contributed by atoms with E-state index in [1.54, 1.807) is 30.4 Å². The van der Waals surface area contributed by atoms with E-state index >= 15 is 0 Å². The number of halogens is 2. The number of alkyl halides is 2. The predicted molar refractivity (Wildman–Crippen MR) is 52.3 cm³/mol. The molecule has 0 N–H and O–H groups in total. The fourth-order valence-electron chi connectivity index (χ4n) is 1.06. The van der Waals surface area contributed by atoms with Gasteiger partial charge in [0.25, 0.3) is 0 Å². The maximum atomic E-state index is 12.0. The summed E-state index contributed by atoms with van der Waals surface area (Å²) in [4.78, 5) is 0. The lowest BCUT2D eigenvalue weighted by molar-refractivity contribution is -0.0499. The average molecular weight is 209 g/mol. The monoisotopic (exact) mass is 209 g/mol. The number of benzene rings is 1. The second-order valence-corrected chi connectivity index (χ2v) is 2.68. The van der Waals surface area contributed by atoms with Crippen LogP contribution in [-0.2, 0) is 0 Å². The van der Waals surface area contributed by atoms with Crippen LogP contribution in [0.25, 0.3) is 6.08 Å². The van der Waals surface area contributed by atoms with Gasteiger partial charge >= 0.3 is 6.61 Å². The molecule has 0 aliphatic heterocycles. The summed E-state index contributed by atoms with van der Waals surface area (Å²) in [7, 11) is 0. The molecule has 0 saturated carbocycles. The molecule has 0 aliphatic rings. The molecule has 1 aromatic rings. The van der Waals surface area contributed by atoms with Crippen LogP contribution in [0.2, 0.25) is 0 Å². The zero-order valence-electron chi connectivity index (χ0n) is 7.86. The van der Waals surface area contributed by atoms with Crippen LogP contribution < -0.4 is 4.74 Å². The van der Waals surface area contributed by atoms with Gasteiger partial charge in [0.15, 0.2) is 0 Å². The van der Waals surface area contributed by atoms with Crippen molar-refractivity contribution < 1.29 is 13.5 Å². The molecule has 0 heterocycles. The average Bonchev–Trinajstić information content (AvgIpc) is 2.20. The second kappa shape index (κ2) is 5.76. The molecule has 1 aromatic carbocycles. The molecule has 0 radical (unpaired) electrons. The number of rotatable bonds is 4. The molecule has 0 atom stereocenters. The lowest BCUT2D eigenvalue weighted by Crippen LogP contribution is -2.02. The van der Waals surface area contributed by atoms with Crippen molar-refractivity contribution in [3.05, 3.63) is 35.9 Å². The summed E-state index contributed by atoms with van der Waals surface area (Å²) in [5, 5.41) is 8.31. The van der Waals surface area contributed by atoms with Gasteiger partial charge in [-0.1, -0.05) is 30.4 Å². The summed E-state index contributed by atoms with van der Waals surface area (Å²) < 4.78 is 28.3. The standard InChI is InChI=1S/C11H9F2NO/c12-11(13)15-10-7-2-1-5-9(10)6-3-4-8-14/h1-3,5-7,11H,4H2. The van der Waals surface area contributed by atoms with Crippen LogP contribution in [0.4, 0.5) is 8.78 Å². The molecule has 78 valence electrons. The first-order valence-electron chi connectivity index (χ1n) is 4.31. The van der Waals surface area contributed by atoms with Gasteiger partial charge in [0.05, 0.1) is 12.5 Å². The first-order chi connectivity index (χ1) is 7.24. The van der Waals surface area contributed by atoms with E-state index in [9.17, 15) is 8.78 Å². The third kappa shape index (κ3) is 3.77. The molecule has 0 aliphatic carbocycles. The van der Waals surface area contributed by atoms with Crippen molar-refractivity contribution in [2.75, 3.05) is 0 Å². The summed E-state index contributed by atoms with van der Waals surface area (Å²) in [6.45, 7) is -2.84. The minimum atomic E-state index is -2.84. The van der Waals surface area contributed by atoms with E-state index in [-0.39, 0.29) is 12.2 Å². The van der Waals surface area contributed by atoms with E-state index in [0.717, 1.165) is 0 Å². The Morgan fingerprint density at radius 3 is 2.80 bits per heavy atom. The SMILES string of the molecule is N#CCC=Cc1ccccc1OC(F)F. The molecular weight excluding hydrogens is 200 g/mol. The highest BCUT2D eigenvalue weighted by atomic mass is 19.3. The first-order valence-corrected chi connectivity index (χ1v) is 4.31. The zero-order valence-corrected chi connectivity index (χ0v) is 7.86. The van der Waals surface area contributed by atoms with Gasteiger partial charge in [0.1, 0.15) is 5.75 Å². The molecule has 4 heteroatoms. The molecule has 0 spiro atoms. The number of hydrogen-bond acceptors (Lipinski definition) is 2. The van der Waals surface area contributed by atoms with Crippen LogP contribution in [0.15, 0.2) is 30.3 Å². The zero-order chi connectivity index (χ0) is 11.1. The molecule has 2 nitrogen and oxygen atoms in total. The lowest BCUT2D eigenvalue weighted by Gasteiger charge is -2.06. The van der Waals surface area contributed by atoms with Gasteiger partial charge in [-0.2, -0.15) is 14.0 Å². The third-order valence-corrected chi connectivity index (χ3v) is 1.64. The van der Waals surface area contributed by atoms with Crippen molar-refractivity contribution in [1.29, 1.82) is 5.26 Å². The smallest absolute Gasteiger partial charge is 0.387 e. The first kappa shape index (κ1) is 11.2. The maximum absolute atomic E-state index is 12.0. The fourth-order valence-corrected chi connectivity index (χ4v) is 1.06. The van der Waals surface area contributed by atoms with Gasteiger partial charge in [-0.15, -0.1) is 0 Å². The maximum Gasteiger partial charge on any atom is 0.387 e. The Morgan fingerprint density at radius 2 is 2.13 bits per heavy atom. The van der Waals surface area contributed by atoms with E-state index in [1.165, 1.54) is 6.07 Å². The van der Waals surface area contributed by atoms with Crippen molar-refractivity contribution in [3.8, 4) is 11.8 Å². The molecular formula is C11H9F2NO. The second-order valence-electron chi connectivity index (χ2n) is 2.68. The summed E-state index contributed by atoms with van der Waals surface area (Å²) >= 11 is 0. The van der Waals surface area contributed by atoms with E-state index in [0.29, 0.717) is 5.56 Å². The molecule has 0 aromatic heterocycles. The number of hydrogen-bond donors (Lipinski definition) is 0. The molecule has 0 bridgehead atoms. The Kier molecular flexibility index (Phi) is 4.30. The van der Waals surface area contributed by atoms with E-state index in [4.69, 9.17) is 5.26 Å². The molecule has 0 unspecified atom stereocenters. The summed E-state index contributed by atoms with van der Waals surface area (Å²) in [6.07, 6.45) is 3.41. The molecule has 0 amide bonds. The Hall–Kier alpha value is -1.89. The highest BCUT2D eigenvalue weighted by molar-refractivity contribution is 5.57. The van der Waals surface area contributed by atoms with Crippen LogP contribution in [0, 0.1) is 11.3 Å². The van der Waals surface area contributed by atoms with Gasteiger partial charge in [0, 0.05) is 5.56 Å². The minimum Gasteiger partial charge on any atom is -0.434 e. The third-order valence-electron chi connectivity index (χ3n) is 1.64. The topological polar surface area (TPSA) is 33.0 Å². The van der Waals surface area contributed by atoms with Gasteiger partial charge in [-0.25, -0.2) is 0 Å². The van der Waals surface area contributed by atoms with Crippen molar-refractivity contribution in [2.45, 2.75) is 13.0 Å². The summed E-state index contributed by atoms with van der Waals surface area (Å²) in [5.74, 6) is 0.113. The largest absolute Gasteiger partial charge is 0.434 e. The quantitative estimate of drug-likeness (QED) is 0.762. The van der Waals surface area contributed by atoms with Gasteiger partial charge < -0.3 is 4.74 Å². The number of nitriles is 1. The van der Waals surface area contributed by atoms with Gasteiger partial charge in [-0.05, 0) is 6.07 Å². The molecule has 1 rings (SSSR count). The number of nitrogens with zero attached hydrogens (tertiary/aromatic N) is 1. The van der Waals surface area contributed by atoms with E-state index in [2.05, 4.69) is 4.74 Å². The Morgan fingerprint density at radius 1 is 1.40 bits per heavy atom. The molecule has 0 fully saturated rings. The van der Waals surface area contributed by atoms with Crippen LogP contribution >= 0.6 is 0 Å². The van der Waals surface area contributed by atoms with Crippen molar-refractivity contribution in [3.63, 3.8) is 0 Å². The van der Waals surface area contributed by atoms with E-state index < -0.39 is 6.61 Å². The van der Waals surface area contributed by atoms with E-state index in [1.807, 2.05) is 6.07 Å². The summed E-state index contributed by atoms with van der Waals surface area (Å²) in [5.41, 5.74) is 0.535. The Bertz CT molecular complexity index is 382. The van der Waals surface area contributed by atoms with Crippen LogP contribution in [0.1, 0.15) is 12.0 Å². The number of allylic oxidation sites excluding steroid dienone is 1. The Labute approximate surface area is 86.4 Å². The molecule has 0 saturated heterocycles.